The molecule has 0 saturated carbocycles. The number of hydrogen-bond acceptors (Lipinski definition) is 4. The summed E-state index contributed by atoms with van der Waals surface area (Å²) >= 11 is 0. The van der Waals surface area contributed by atoms with Crippen LogP contribution in [0.5, 0.6) is 5.75 Å². The lowest BCUT2D eigenvalue weighted by molar-refractivity contribution is -0.384. The van der Waals surface area contributed by atoms with Gasteiger partial charge in [-0.25, -0.2) is 0 Å². The molecule has 0 bridgehead atoms. The second kappa shape index (κ2) is 4.63. The molecule has 0 heterocycles. The van der Waals surface area contributed by atoms with Crippen LogP contribution in [0.3, 0.4) is 0 Å². The number of nitro groups is 1. The molecule has 5 nitrogen and oxygen atoms in total. The van der Waals surface area contributed by atoms with Gasteiger partial charge in [-0.05, 0) is 12.0 Å². The van der Waals surface area contributed by atoms with E-state index in [4.69, 9.17) is 10.5 Å². The summed E-state index contributed by atoms with van der Waals surface area (Å²) in [5.74, 6) is 0.724. The van der Waals surface area contributed by atoms with Crippen LogP contribution in [0, 0.1) is 16.0 Å². The molecule has 5 heteroatoms. The Kier molecular flexibility index (Phi) is 3.49. The summed E-state index contributed by atoms with van der Waals surface area (Å²) in [7, 11) is 0. The molecule has 1 aromatic rings. The highest BCUT2D eigenvalue weighted by Gasteiger charge is 2.15. The van der Waals surface area contributed by atoms with Crippen LogP contribution in [0.25, 0.3) is 0 Å². The van der Waals surface area contributed by atoms with Crippen molar-refractivity contribution < 1.29 is 9.66 Å². The van der Waals surface area contributed by atoms with E-state index in [0.29, 0.717) is 18.3 Å². The first-order valence-electron chi connectivity index (χ1n) is 4.68. The zero-order valence-electron chi connectivity index (χ0n) is 8.77. The number of hydrogen-bond donors (Lipinski definition) is 1. The summed E-state index contributed by atoms with van der Waals surface area (Å²) < 4.78 is 5.36. The summed E-state index contributed by atoms with van der Waals surface area (Å²) in [6, 6.07) is 4.55. The van der Waals surface area contributed by atoms with Crippen LogP contribution in [-0.2, 0) is 0 Å². The first kappa shape index (κ1) is 11.3. The zero-order valence-corrected chi connectivity index (χ0v) is 8.77. The van der Waals surface area contributed by atoms with Crippen molar-refractivity contribution in [3.8, 4) is 5.75 Å². The number of nitrogen functional groups attached to an aromatic ring is 1. The lowest BCUT2D eigenvalue weighted by Gasteiger charge is -2.10. The minimum absolute atomic E-state index is 0.0863. The third-order valence-electron chi connectivity index (χ3n) is 1.81. The van der Waals surface area contributed by atoms with Gasteiger partial charge in [-0.2, -0.15) is 0 Å². The maximum absolute atomic E-state index is 10.6. The Bertz CT molecular complexity index is 364. The fourth-order valence-corrected chi connectivity index (χ4v) is 1.07. The van der Waals surface area contributed by atoms with Crippen LogP contribution < -0.4 is 10.5 Å². The third-order valence-corrected chi connectivity index (χ3v) is 1.81. The minimum Gasteiger partial charge on any atom is -0.491 e. The monoisotopic (exact) mass is 210 g/mol. The Balaban J connectivity index is 2.89. The van der Waals surface area contributed by atoms with Crippen LogP contribution in [-0.4, -0.2) is 11.5 Å². The highest BCUT2D eigenvalue weighted by Crippen LogP contribution is 2.30. The van der Waals surface area contributed by atoms with Gasteiger partial charge in [0, 0.05) is 6.07 Å². The Morgan fingerprint density at radius 2 is 2.20 bits per heavy atom. The van der Waals surface area contributed by atoms with Crippen molar-refractivity contribution in [2.45, 2.75) is 13.8 Å². The summed E-state index contributed by atoms with van der Waals surface area (Å²) in [5.41, 5.74) is 5.58. The van der Waals surface area contributed by atoms with Crippen molar-refractivity contribution in [2.75, 3.05) is 12.3 Å². The largest absolute Gasteiger partial charge is 0.491 e. The standard InChI is InChI=1S/C10H14N2O3/c1-7(2)6-15-9-5-3-4-8(10(9)11)12(13)14/h3-5,7H,6,11H2,1-2H3. The number of para-hydroxylation sites is 1. The van der Waals surface area contributed by atoms with E-state index >= 15 is 0 Å². The van der Waals surface area contributed by atoms with Gasteiger partial charge in [0.1, 0.15) is 5.75 Å². The van der Waals surface area contributed by atoms with Crippen molar-refractivity contribution in [1.29, 1.82) is 0 Å². The summed E-state index contributed by atoms with van der Waals surface area (Å²) in [6.07, 6.45) is 0. The highest BCUT2D eigenvalue weighted by molar-refractivity contribution is 5.66. The zero-order chi connectivity index (χ0) is 11.4. The van der Waals surface area contributed by atoms with Crippen molar-refractivity contribution >= 4 is 11.4 Å². The van der Waals surface area contributed by atoms with Crippen molar-refractivity contribution in [2.24, 2.45) is 5.92 Å². The summed E-state index contributed by atoms with van der Waals surface area (Å²) in [6.45, 7) is 4.48. The molecular formula is C10H14N2O3. The third kappa shape index (κ3) is 2.83. The molecule has 0 amide bonds. The fraction of sp³-hybridized carbons (Fsp3) is 0.400. The molecule has 0 radical (unpaired) electrons. The van der Waals surface area contributed by atoms with Gasteiger partial charge in [-0.3, -0.25) is 10.1 Å². The van der Waals surface area contributed by atoms with Crippen LogP contribution in [0.2, 0.25) is 0 Å². The Morgan fingerprint density at radius 3 is 2.73 bits per heavy atom. The molecule has 0 aliphatic carbocycles. The average molecular weight is 210 g/mol. The SMILES string of the molecule is CC(C)COc1cccc([N+](=O)[O-])c1N. The van der Waals surface area contributed by atoms with E-state index in [1.165, 1.54) is 6.07 Å². The topological polar surface area (TPSA) is 78.4 Å². The Labute approximate surface area is 88.0 Å². The van der Waals surface area contributed by atoms with Crippen molar-refractivity contribution in [3.05, 3.63) is 28.3 Å². The number of nitro benzene ring substituents is 1. The van der Waals surface area contributed by atoms with Gasteiger partial charge in [0.2, 0.25) is 0 Å². The fourth-order valence-electron chi connectivity index (χ4n) is 1.07. The maximum Gasteiger partial charge on any atom is 0.295 e. The van der Waals surface area contributed by atoms with Crippen LogP contribution in [0.4, 0.5) is 11.4 Å². The van der Waals surface area contributed by atoms with Gasteiger partial charge in [0.05, 0.1) is 11.5 Å². The van der Waals surface area contributed by atoms with Crippen LogP contribution in [0.15, 0.2) is 18.2 Å². The molecule has 2 N–H and O–H groups in total. The van der Waals surface area contributed by atoms with E-state index in [0.717, 1.165) is 0 Å². The minimum atomic E-state index is -0.516. The van der Waals surface area contributed by atoms with E-state index in [1.807, 2.05) is 13.8 Å². The number of rotatable bonds is 4. The highest BCUT2D eigenvalue weighted by atomic mass is 16.6. The first-order valence-corrected chi connectivity index (χ1v) is 4.68. The van der Waals surface area contributed by atoms with Crippen molar-refractivity contribution in [1.82, 2.24) is 0 Å². The molecule has 0 atom stereocenters. The van der Waals surface area contributed by atoms with E-state index in [-0.39, 0.29) is 11.4 Å². The normalized spacial score (nSPS) is 10.3. The summed E-state index contributed by atoms with van der Waals surface area (Å²) in [5, 5.41) is 10.6. The van der Waals surface area contributed by atoms with Crippen LogP contribution in [0.1, 0.15) is 13.8 Å². The first-order chi connectivity index (χ1) is 7.02. The number of nitrogens with two attached hydrogens (primary N) is 1. The summed E-state index contributed by atoms with van der Waals surface area (Å²) in [4.78, 5) is 10.1. The van der Waals surface area contributed by atoms with Gasteiger partial charge < -0.3 is 10.5 Å². The van der Waals surface area contributed by atoms with E-state index in [9.17, 15) is 10.1 Å². The smallest absolute Gasteiger partial charge is 0.295 e. The number of ether oxygens (including phenoxy) is 1. The quantitative estimate of drug-likeness (QED) is 0.469. The number of benzene rings is 1. The molecule has 15 heavy (non-hydrogen) atoms. The predicted octanol–water partition coefficient (Wildman–Crippen LogP) is 2.21. The second-order valence-electron chi connectivity index (χ2n) is 3.65. The lowest BCUT2D eigenvalue weighted by Crippen LogP contribution is -2.07. The van der Waals surface area contributed by atoms with Gasteiger partial charge in [0.15, 0.2) is 5.69 Å². The van der Waals surface area contributed by atoms with Crippen LogP contribution >= 0.6 is 0 Å². The number of anilines is 1. The molecule has 0 aromatic heterocycles. The molecule has 0 aliphatic rings. The molecule has 1 rings (SSSR count). The van der Waals surface area contributed by atoms with Gasteiger partial charge in [-0.15, -0.1) is 0 Å². The Hall–Kier alpha value is -1.78. The van der Waals surface area contributed by atoms with Gasteiger partial charge >= 0.3 is 0 Å². The van der Waals surface area contributed by atoms with Crippen molar-refractivity contribution in [3.63, 3.8) is 0 Å². The predicted molar refractivity (Wildman–Crippen MR) is 57.8 cm³/mol. The Morgan fingerprint density at radius 1 is 1.53 bits per heavy atom. The molecule has 82 valence electrons. The molecule has 0 aliphatic heterocycles. The molecule has 0 fully saturated rings. The lowest BCUT2D eigenvalue weighted by atomic mass is 10.2. The molecular weight excluding hydrogens is 196 g/mol. The molecule has 0 saturated heterocycles. The second-order valence-corrected chi connectivity index (χ2v) is 3.65. The molecule has 1 aromatic carbocycles. The van der Waals surface area contributed by atoms with E-state index in [1.54, 1.807) is 12.1 Å². The van der Waals surface area contributed by atoms with E-state index in [2.05, 4.69) is 0 Å². The van der Waals surface area contributed by atoms with Gasteiger partial charge in [0.25, 0.3) is 5.69 Å². The average Bonchev–Trinajstić information content (AvgIpc) is 2.15. The maximum atomic E-state index is 10.6. The van der Waals surface area contributed by atoms with E-state index < -0.39 is 4.92 Å². The molecule has 0 spiro atoms. The molecule has 0 unspecified atom stereocenters. The van der Waals surface area contributed by atoms with Gasteiger partial charge in [-0.1, -0.05) is 19.9 Å². The number of nitrogens with zero attached hydrogens (tertiary/aromatic N) is 1.